The van der Waals surface area contributed by atoms with Crippen molar-refractivity contribution in [2.24, 2.45) is 16.6 Å². The quantitative estimate of drug-likeness (QED) is 0.487. The Bertz CT molecular complexity index is 395. The molecule has 0 unspecified atom stereocenters. The van der Waals surface area contributed by atoms with Crippen LogP contribution in [0.3, 0.4) is 0 Å². The molecule has 3 nitrogen and oxygen atoms in total. The zero-order valence-corrected chi connectivity index (χ0v) is 14.2. The zero-order chi connectivity index (χ0) is 12.3. The maximum atomic E-state index is 6.04. The van der Waals surface area contributed by atoms with Gasteiger partial charge in [-0.2, -0.15) is 0 Å². The standard InChI is InChI=1S/C13H21N3S.HI/c1-10-3-6-16(7-4-10)13(14)15-9-12-11(2)5-8-17-12;/h5,8,10H,3-4,6-7,9H2,1-2H3,(H2,14,15);1H. The summed E-state index contributed by atoms with van der Waals surface area (Å²) in [5.74, 6) is 1.54. The third-order valence-corrected chi connectivity index (χ3v) is 4.47. The number of nitrogens with two attached hydrogens (primary N) is 1. The van der Waals surface area contributed by atoms with Gasteiger partial charge in [0.05, 0.1) is 6.54 Å². The zero-order valence-electron chi connectivity index (χ0n) is 11.1. The van der Waals surface area contributed by atoms with Crippen LogP contribution in [0.15, 0.2) is 16.4 Å². The van der Waals surface area contributed by atoms with Gasteiger partial charge < -0.3 is 10.6 Å². The molecule has 0 saturated carbocycles. The first-order chi connectivity index (χ1) is 8.16. The molecule has 1 saturated heterocycles. The molecule has 0 aromatic carbocycles. The van der Waals surface area contributed by atoms with Crippen molar-refractivity contribution in [3.05, 3.63) is 21.9 Å². The van der Waals surface area contributed by atoms with E-state index in [4.69, 9.17) is 5.73 Å². The lowest BCUT2D eigenvalue weighted by molar-refractivity contribution is 0.277. The molecule has 1 aliphatic rings. The maximum Gasteiger partial charge on any atom is 0.191 e. The summed E-state index contributed by atoms with van der Waals surface area (Å²) >= 11 is 1.76. The second-order valence-electron chi connectivity index (χ2n) is 4.87. The summed E-state index contributed by atoms with van der Waals surface area (Å²) in [6, 6.07) is 2.13. The second kappa shape index (κ2) is 7.33. The summed E-state index contributed by atoms with van der Waals surface area (Å²) in [7, 11) is 0. The number of rotatable bonds is 2. The summed E-state index contributed by atoms with van der Waals surface area (Å²) in [6.07, 6.45) is 2.46. The molecule has 5 heteroatoms. The molecule has 2 N–H and O–H groups in total. The SMILES string of the molecule is Cc1ccsc1CN=C(N)N1CCC(C)CC1.I. The lowest BCUT2D eigenvalue weighted by Gasteiger charge is -2.31. The van der Waals surface area contributed by atoms with Crippen LogP contribution in [0.2, 0.25) is 0 Å². The first-order valence-electron chi connectivity index (χ1n) is 6.24. The predicted octanol–water partition coefficient (Wildman–Crippen LogP) is 3.22. The van der Waals surface area contributed by atoms with Crippen molar-refractivity contribution in [3.63, 3.8) is 0 Å². The fraction of sp³-hybridized carbons (Fsp3) is 0.615. The maximum absolute atomic E-state index is 6.04. The van der Waals surface area contributed by atoms with E-state index < -0.39 is 0 Å². The van der Waals surface area contributed by atoms with Gasteiger partial charge in [-0.05, 0) is 42.7 Å². The minimum atomic E-state index is 0. The molecule has 0 spiro atoms. The van der Waals surface area contributed by atoms with Gasteiger partial charge in [-0.1, -0.05) is 6.92 Å². The molecule has 102 valence electrons. The van der Waals surface area contributed by atoms with Crippen LogP contribution in [0.1, 0.15) is 30.2 Å². The first-order valence-corrected chi connectivity index (χ1v) is 7.12. The van der Waals surface area contributed by atoms with Gasteiger partial charge in [0.2, 0.25) is 0 Å². The van der Waals surface area contributed by atoms with Crippen LogP contribution in [0.4, 0.5) is 0 Å². The van der Waals surface area contributed by atoms with E-state index in [0.717, 1.165) is 25.6 Å². The Morgan fingerprint density at radius 3 is 2.72 bits per heavy atom. The van der Waals surface area contributed by atoms with Crippen molar-refractivity contribution in [3.8, 4) is 0 Å². The van der Waals surface area contributed by atoms with E-state index in [9.17, 15) is 0 Å². The summed E-state index contributed by atoms with van der Waals surface area (Å²) in [6.45, 7) is 7.26. The highest BCUT2D eigenvalue weighted by atomic mass is 127. The highest BCUT2D eigenvalue weighted by Gasteiger charge is 2.16. The van der Waals surface area contributed by atoms with Crippen LogP contribution >= 0.6 is 35.3 Å². The molecule has 0 bridgehead atoms. The minimum absolute atomic E-state index is 0. The Labute approximate surface area is 130 Å². The smallest absolute Gasteiger partial charge is 0.191 e. The number of aliphatic imine (C=N–C) groups is 1. The van der Waals surface area contributed by atoms with Crippen LogP contribution in [0.5, 0.6) is 0 Å². The van der Waals surface area contributed by atoms with Gasteiger partial charge in [0, 0.05) is 18.0 Å². The molecule has 0 aliphatic carbocycles. The summed E-state index contributed by atoms with van der Waals surface area (Å²) in [5.41, 5.74) is 7.36. The minimum Gasteiger partial charge on any atom is -0.370 e. The topological polar surface area (TPSA) is 41.6 Å². The van der Waals surface area contributed by atoms with Crippen LogP contribution in [0, 0.1) is 12.8 Å². The molecular weight excluding hydrogens is 357 g/mol. The Hall–Kier alpha value is -0.300. The van der Waals surface area contributed by atoms with Crippen LogP contribution in [-0.2, 0) is 6.54 Å². The molecule has 1 aliphatic heterocycles. The van der Waals surface area contributed by atoms with Gasteiger partial charge in [-0.25, -0.2) is 4.99 Å². The molecular formula is C13H22IN3S. The van der Waals surface area contributed by atoms with Crippen molar-refractivity contribution in [2.45, 2.75) is 33.2 Å². The highest BCUT2D eigenvalue weighted by Crippen LogP contribution is 2.18. The summed E-state index contributed by atoms with van der Waals surface area (Å²) in [4.78, 5) is 8.04. The Morgan fingerprint density at radius 1 is 1.50 bits per heavy atom. The lowest BCUT2D eigenvalue weighted by Crippen LogP contribution is -2.42. The Morgan fingerprint density at radius 2 is 2.17 bits per heavy atom. The molecule has 0 radical (unpaired) electrons. The van der Waals surface area contributed by atoms with Crippen molar-refractivity contribution in [1.29, 1.82) is 0 Å². The van der Waals surface area contributed by atoms with Gasteiger partial charge in [0.1, 0.15) is 0 Å². The van der Waals surface area contributed by atoms with E-state index in [0.29, 0.717) is 5.96 Å². The molecule has 18 heavy (non-hydrogen) atoms. The molecule has 0 amide bonds. The van der Waals surface area contributed by atoms with Gasteiger partial charge >= 0.3 is 0 Å². The molecule has 1 aromatic rings. The van der Waals surface area contributed by atoms with E-state index in [1.807, 2.05) is 0 Å². The average molecular weight is 379 g/mol. The summed E-state index contributed by atoms with van der Waals surface area (Å²) < 4.78 is 0. The number of nitrogens with zero attached hydrogens (tertiary/aromatic N) is 2. The summed E-state index contributed by atoms with van der Waals surface area (Å²) in [5, 5.41) is 2.11. The molecule has 1 fully saturated rings. The average Bonchev–Trinajstić information content (AvgIpc) is 2.73. The van der Waals surface area contributed by atoms with E-state index in [-0.39, 0.29) is 24.0 Å². The van der Waals surface area contributed by atoms with Crippen molar-refractivity contribution < 1.29 is 0 Å². The van der Waals surface area contributed by atoms with E-state index in [1.165, 1.54) is 23.3 Å². The van der Waals surface area contributed by atoms with Crippen molar-refractivity contribution in [2.75, 3.05) is 13.1 Å². The molecule has 1 aromatic heterocycles. The number of hydrogen-bond donors (Lipinski definition) is 1. The lowest BCUT2D eigenvalue weighted by atomic mass is 10.00. The third-order valence-electron chi connectivity index (χ3n) is 3.46. The first kappa shape index (κ1) is 15.8. The number of guanidine groups is 1. The fourth-order valence-corrected chi connectivity index (χ4v) is 2.89. The number of thiophene rings is 1. The number of piperidine rings is 1. The predicted molar refractivity (Wildman–Crippen MR) is 89.8 cm³/mol. The molecule has 2 rings (SSSR count). The van der Waals surface area contributed by atoms with Crippen LogP contribution in [-0.4, -0.2) is 23.9 Å². The van der Waals surface area contributed by atoms with Crippen molar-refractivity contribution in [1.82, 2.24) is 4.90 Å². The van der Waals surface area contributed by atoms with Gasteiger partial charge in [-0.15, -0.1) is 35.3 Å². The number of likely N-dealkylation sites (tertiary alicyclic amines) is 1. The Balaban J connectivity index is 0.00000162. The van der Waals surface area contributed by atoms with Gasteiger partial charge in [0.25, 0.3) is 0 Å². The Kier molecular flexibility index (Phi) is 6.42. The fourth-order valence-electron chi connectivity index (χ4n) is 2.06. The molecule has 0 atom stereocenters. The largest absolute Gasteiger partial charge is 0.370 e. The van der Waals surface area contributed by atoms with Gasteiger partial charge in [-0.3, -0.25) is 0 Å². The van der Waals surface area contributed by atoms with Crippen molar-refractivity contribution >= 4 is 41.3 Å². The monoisotopic (exact) mass is 379 g/mol. The normalized spacial score (nSPS) is 17.7. The number of hydrogen-bond acceptors (Lipinski definition) is 2. The van der Waals surface area contributed by atoms with E-state index >= 15 is 0 Å². The number of halogens is 1. The van der Waals surface area contributed by atoms with E-state index in [1.54, 1.807) is 11.3 Å². The highest BCUT2D eigenvalue weighted by molar-refractivity contribution is 14.0. The van der Waals surface area contributed by atoms with Crippen LogP contribution in [0.25, 0.3) is 0 Å². The molecule has 2 heterocycles. The van der Waals surface area contributed by atoms with Crippen LogP contribution < -0.4 is 5.73 Å². The van der Waals surface area contributed by atoms with Gasteiger partial charge in [0.15, 0.2) is 5.96 Å². The third kappa shape index (κ3) is 4.12. The van der Waals surface area contributed by atoms with E-state index in [2.05, 4.69) is 35.2 Å². The second-order valence-corrected chi connectivity index (χ2v) is 5.87. The number of aryl methyl sites for hydroxylation is 1.